The molecule has 0 aromatic rings. The minimum absolute atomic E-state index is 0.116. The normalized spacial score (nSPS) is 11.4. The van der Waals surface area contributed by atoms with Gasteiger partial charge in [-0.25, -0.2) is 0 Å². The molecule has 0 aromatic heterocycles. The second kappa shape index (κ2) is 6.27. The largest absolute Gasteiger partial charge is 0.295 e. The fourth-order valence-corrected chi connectivity index (χ4v) is 0.575. The number of carbonyl (C=O) groups is 1. The highest BCUT2D eigenvalue weighted by Gasteiger charge is 1.77. The molecular formula is C9H14O. The summed E-state index contributed by atoms with van der Waals surface area (Å²) in [5.41, 5.74) is 0. The predicted octanol–water partition coefficient (Wildman–Crippen LogP) is 2.49. The fraction of sp³-hybridized carbons (Fsp3) is 0.444. The van der Waals surface area contributed by atoms with Gasteiger partial charge in [0.25, 0.3) is 0 Å². The molecule has 1 heteroatoms. The molecule has 0 aliphatic heterocycles. The smallest absolute Gasteiger partial charge is 0.152 e. The first-order chi connectivity index (χ1) is 4.77. The third kappa shape index (κ3) is 7.15. The van der Waals surface area contributed by atoms with Crippen LogP contribution in [-0.4, -0.2) is 5.78 Å². The van der Waals surface area contributed by atoms with Gasteiger partial charge in [0.05, 0.1) is 0 Å². The van der Waals surface area contributed by atoms with E-state index in [0.29, 0.717) is 0 Å². The van der Waals surface area contributed by atoms with Crippen molar-refractivity contribution < 1.29 is 4.79 Å². The third-order valence-electron chi connectivity index (χ3n) is 1.03. The molecule has 0 aliphatic rings. The minimum atomic E-state index is 0.116. The Morgan fingerprint density at radius 2 is 2.00 bits per heavy atom. The molecule has 0 unspecified atom stereocenters. The second-order valence-electron chi connectivity index (χ2n) is 2.13. The number of hydrogen-bond donors (Lipinski definition) is 0. The topological polar surface area (TPSA) is 17.1 Å². The van der Waals surface area contributed by atoms with Gasteiger partial charge >= 0.3 is 0 Å². The van der Waals surface area contributed by atoms with Crippen LogP contribution in [0.25, 0.3) is 0 Å². The molecular weight excluding hydrogens is 124 g/mol. The molecule has 0 spiro atoms. The number of carbonyl (C=O) groups excluding carboxylic acids is 1. The summed E-state index contributed by atoms with van der Waals surface area (Å²) in [7, 11) is 0. The molecule has 0 rings (SSSR count). The lowest BCUT2D eigenvalue weighted by Gasteiger charge is -1.80. The Hall–Kier alpha value is -0.850. The van der Waals surface area contributed by atoms with E-state index in [4.69, 9.17) is 0 Å². The van der Waals surface area contributed by atoms with Gasteiger partial charge in [0, 0.05) is 0 Å². The van der Waals surface area contributed by atoms with Gasteiger partial charge in [-0.15, -0.1) is 0 Å². The van der Waals surface area contributed by atoms with Gasteiger partial charge in [0.1, 0.15) is 0 Å². The Bertz CT molecular complexity index is 143. The zero-order chi connectivity index (χ0) is 7.82. The van der Waals surface area contributed by atoms with E-state index >= 15 is 0 Å². The van der Waals surface area contributed by atoms with Crippen molar-refractivity contribution in [2.75, 3.05) is 0 Å². The quantitative estimate of drug-likeness (QED) is 0.431. The van der Waals surface area contributed by atoms with E-state index < -0.39 is 0 Å². The van der Waals surface area contributed by atoms with Crippen molar-refractivity contribution >= 4 is 5.78 Å². The first kappa shape index (κ1) is 9.15. The van der Waals surface area contributed by atoms with Crippen molar-refractivity contribution in [3.8, 4) is 0 Å². The van der Waals surface area contributed by atoms with Crippen LogP contribution < -0.4 is 0 Å². The van der Waals surface area contributed by atoms with Crippen LogP contribution in [0.2, 0.25) is 0 Å². The van der Waals surface area contributed by atoms with Crippen molar-refractivity contribution in [2.24, 2.45) is 0 Å². The molecule has 0 amide bonds. The van der Waals surface area contributed by atoms with E-state index in [9.17, 15) is 4.79 Å². The molecule has 0 saturated carbocycles. The number of hydrogen-bond acceptors (Lipinski definition) is 1. The van der Waals surface area contributed by atoms with Crippen LogP contribution in [0.5, 0.6) is 0 Å². The lowest BCUT2D eigenvalue weighted by atomic mass is 10.3. The molecule has 56 valence electrons. The average molecular weight is 138 g/mol. The van der Waals surface area contributed by atoms with Crippen molar-refractivity contribution in [3.63, 3.8) is 0 Å². The van der Waals surface area contributed by atoms with E-state index in [1.165, 1.54) is 0 Å². The number of rotatable bonds is 4. The summed E-state index contributed by atoms with van der Waals surface area (Å²) in [4.78, 5) is 10.4. The molecule has 0 N–H and O–H groups in total. The fourth-order valence-electron chi connectivity index (χ4n) is 0.575. The maximum Gasteiger partial charge on any atom is 0.152 e. The average Bonchev–Trinajstić information content (AvgIpc) is 1.87. The van der Waals surface area contributed by atoms with Crippen LogP contribution in [-0.2, 0) is 4.79 Å². The van der Waals surface area contributed by atoms with Crippen molar-refractivity contribution in [2.45, 2.75) is 26.7 Å². The zero-order valence-corrected chi connectivity index (χ0v) is 6.63. The molecule has 0 saturated heterocycles. The molecule has 0 aromatic carbocycles. The maximum absolute atomic E-state index is 10.4. The van der Waals surface area contributed by atoms with Crippen LogP contribution in [0.4, 0.5) is 0 Å². The molecule has 1 nitrogen and oxygen atoms in total. The molecule has 0 bridgehead atoms. The Morgan fingerprint density at radius 1 is 1.30 bits per heavy atom. The van der Waals surface area contributed by atoms with E-state index in [1.807, 2.05) is 6.08 Å². The first-order valence-corrected chi connectivity index (χ1v) is 3.59. The summed E-state index contributed by atoms with van der Waals surface area (Å²) in [5, 5.41) is 0. The summed E-state index contributed by atoms with van der Waals surface area (Å²) in [6.45, 7) is 3.64. The summed E-state index contributed by atoms with van der Waals surface area (Å²) in [6.07, 6.45) is 9.54. The van der Waals surface area contributed by atoms with Gasteiger partial charge in [-0.1, -0.05) is 25.2 Å². The monoisotopic (exact) mass is 138 g/mol. The lowest BCUT2D eigenvalue weighted by Crippen LogP contribution is -1.78. The predicted molar refractivity (Wildman–Crippen MR) is 43.9 cm³/mol. The van der Waals surface area contributed by atoms with Crippen molar-refractivity contribution in [1.82, 2.24) is 0 Å². The second-order valence-corrected chi connectivity index (χ2v) is 2.13. The highest BCUT2D eigenvalue weighted by molar-refractivity contribution is 5.87. The summed E-state index contributed by atoms with van der Waals surface area (Å²) < 4.78 is 0. The van der Waals surface area contributed by atoms with Crippen molar-refractivity contribution in [1.29, 1.82) is 0 Å². The SMILES string of the molecule is CC/C=C\C/C=C/C(C)=O. The van der Waals surface area contributed by atoms with Crippen LogP contribution in [0.15, 0.2) is 24.3 Å². The van der Waals surface area contributed by atoms with E-state index in [2.05, 4.69) is 19.1 Å². The molecule has 0 radical (unpaired) electrons. The van der Waals surface area contributed by atoms with Crippen LogP contribution in [0, 0.1) is 0 Å². The van der Waals surface area contributed by atoms with Crippen LogP contribution in [0.1, 0.15) is 26.7 Å². The molecule has 0 fully saturated rings. The zero-order valence-electron chi connectivity index (χ0n) is 6.63. The summed E-state index contributed by atoms with van der Waals surface area (Å²) >= 11 is 0. The van der Waals surface area contributed by atoms with Gasteiger partial charge in [-0.3, -0.25) is 4.79 Å². The lowest BCUT2D eigenvalue weighted by molar-refractivity contribution is -0.112. The highest BCUT2D eigenvalue weighted by Crippen LogP contribution is 1.88. The Morgan fingerprint density at radius 3 is 2.50 bits per heavy atom. The summed E-state index contributed by atoms with van der Waals surface area (Å²) in [5.74, 6) is 0.116. The Kier molecular flexibility index (Phi) is 5.74. The molecule has 0 atom stereocenters. The molecule has 10 heavy (non-hydrogen) atoms. The van der Waals surface area contributed by atoms with Gasteiger partial charge < -0.3 is 0 Å². The van der Waals surface area contributed by atoms with Crippen LogP contribution in [0.3, 0.4) is 0 Å². The molecule has 0 aliphatic carbocycles. The number of ketones is 1. The minimum Gasteiger partial charge on any atom is -0.295 e. The van der Waals surface area contributed by atoms with E-state index in [0.717, 1.165) is 12.8 Å². The third-order valence-corrected chi connectivity index (χ3v) is 1.03. The van der Waals surface area contributed by atoms with Crippen LogP contribution >= 0.6 is 0 Å². The standard InChI is InChI=1S/C9H14O/c1-3-4-5-6-7-8-9(2)10/h4-5,7-8H,3,6H2,1-2H3/b5-4-,8-7+. The first-order valence-electron chi connectivity index (χ1n) is 3.59. The van der Waals surface area contributed by atoms with E-state index in [1.54, 1.807) is 13.0 Å². The van der Waals surface area contributed by atoms with E-state index in [-0.39, 0.29) is 5.78 Å². The Labute approximate surface area is 62.4 Å². The summed E-state index contributed by atoms with van der Waals surface area (Å²) in [6, 6.07) is 0. The van der Waals surface area contributed by atoms with Gasteiger partial charge in [-0.2, -0.15) is 0 Å². The molecule has 0 heterocycles. The van der Waals surface area contributed by atoms with Gasteiger partial charge in [0.15, 0.2) is 5.78 Å². The number of allylic oxidation sites excluding steroid dienone is 4. The van der Waals surface area contributed by atoms with Gasteiger partial charge in [0.2, 0.25) is 0 Å². The van der Waals surface area contributed by atoms with Gasteiger partial charge in [-0.05, 0) is 25.8 Å². The van der Waals surface area contributed by atoms with Crippen molar-refractivity contribution in [3.05, 3.63) is 24.3 Å². The maximum atomic E-state index is 10.4. The highest BCUT2D eigenvalue weighted by atomic mass is 16.1. The Balaban J connectivity index is 3.35.